The Bertz CT molecular complexity index is 347. The zero-order chi connectivity index (χ0) is 13.4. The maximum Gasteiger partial charge on any atom is 0.122 e. The summed E-state index contributed by atoms with van der Waals surface area (Å²) in [5, 5.41) is 0. The van der Waals surface area contributed by atoms with E-state index in [-0.39, 0.29) is 12.2 Å². The van der Waals surface area contributed by atoms with E-state index in [0.717, 1.165) is 17.6 Å². The Morgan fingerprint density at radius 3 is 2.39 bits per heavy atom. The van der Waals surface area contributed by atoms with Crippen LogP contribution in [0.4, 0.5) is 0 Å². The monoisotopic (exact) mass is 252 g/mol. The molecule has 0 aliphatic carbocycles. The van der Waals surface area contributed by atoms with Gasteiger partial charge in [-0.2, -0.15) is 0 Å². The predicted molar refractivity (Wildman–Crippen MR) is 68.7 cm³/mol. The van der Waals surface area contributed by atoms with Crippen LogP contribution in [0.5, 0.6) is 5.75 Å². The number of ether oxygens (including phenoxy) is 3. The lowest BCUT2D eigenvalue weighted by molar-refractivity contribution is -0.115. The van der Waals surface area contributed by atoms with Gasteiger partial charge in [-0.05, 0) is 24.6 Å². The highest BCUT2D eigenvalue weighted by Gasteiger charge is 2.17. The van der Waals surface area contributed by atoms with Crippen molar-refractivity contribution in [2.24, 2.45) is 0 Å². The van der Waals surface area contributed by atoms with Crippen LogP contribution >= 0.6 is 0 Å². The molecule has 0 radical (unpaired) electrons. The van der Waals surface area contributed by atoms with Crippen molar-refractivity contribution in [3.63, 3.8) is 0 Å². The minimum atomic E-state index is -0.213. The minimum absolute atomic E-state index is 0.103. The van der Waals surface area contributed by atoms with Crippen LogP contribution in [0.25, 0.3) is 0 Å². The number of hydrogen-bond donors (Lipinski definition) is 0. The number of carbonyl (C=O) groups excluding carboxylic acids is 1. The van der Waals surface area contributed by atoms with Gasteiger partial charge < -0.3 is 19.0 Å². The SMILES string of the molecule is COc1ccc(CO[C@@H](CC=O)[C@@H](C)OC)cc1. The van der Waals surface area contributed by atoms with Crippen molar-refractivity contribution >= 4 is 6.29 Å². The Morgan fingerprint density at radius 1 is 1.22 bits per heavy atom. The van der Waals surface area contributed by atoms with Crippen molar-refractivity contribution in [2.45, 2.75) is 32.2 Å². The van der Waals surface area contributed by atoms with Gasteiger partial charge in [-0.25, -0.2) is 0 Å². The van der Waals surface area contributed by atoms with E-state index in [4.69, 9.17) is 14.2 Å². The third-order valence-corrected chi connectivity index (χ3v) is 2.85. The standard InChI is InChI=1S/C14H20O4/c1-11(16-2)14(8-9-15)18-10-12-4-6-13(17-3)7-5-12/h4-7,9,11,14H,8,10H2,1-3H3/t11-,14+/m1/s1. The van der Waals surface area contributed by atoms with Gasteiger partial charge in [0.15, 0.2) is 0 Å². The molecule has 18 heavy (non-hydrogen) atoms. The van der Waals surface area contributed by atoms with Crippen LogP contribution in [-0.4, -0.2) is 32.7 Å². The molecule has 0 aliphatic heterocycles. The number of hydrogen-bond acceptors (Lipinski definition) is 4. The summed E-state index contributed by atoms with van der Waals surface area (Å²) in [6.45, 7) is 2.35. The first-order chi connectivity index (χ1) is 8.71. The first-order valence-electron chi connectivity index (χ1n) is 5.92. The van der Waals surface area contributed by atoms with E-state index in [1.807, 2.05) is 31.2 Å². The fraction of sp³-hybridized carbons (Fsp3) is 0.500. The van der Waals surface area contributed by atoms with Gasteiger partial charge in [0, 0.05) is 13.5 Å². The molecule has 0 saturated carbocycles. The van der Waals surface area contributed by atoms with E-state index in [9.17, 15) is 4.79 Å². The van der Waals surface area contributed by atoms with E-state index in [2.05, 4.69) is 0 Å². The summed E-state index contributed by atoms with van der Waals surface area (Å²) in [4.78, 5) is 10.6. The Hall–Kier alpha value is -1.39. The highest BCUT2D eigenvalue weighted by molar-refractivity contribution is 5.50. The second-order valence-electron chi connectivity index (χ2n) is 4.04. The largest absolute Gasteiger partial charge is 0.497 e. The summed E-state index contributed by atoms with van der Waals surface area (Å²) < 4.78 is 16.0. The number of methoxy groups -OCH3 is 2. The summed E-state index contributed by atoms with van der Waals surface area (Å²) in [5.74, 6) is 0.813. The molecule has 0 heterocycles. The molecule has 4 heteroatoms. The van der Waals surface area contributed by atoms with Crippen LogP contribution in [0.1, 0.15) is 18.9 Å². The maximum absolute atomic E-state index is 10.6. The van der Waals surface area contributed by atoms with Gasteiger partial charge in [0.1, 0.15) is 12.0 Å². The molecular formula is C14H20O4. The molecule has 100 valence electrons. The van der Waals surface area contributed by atoms with Crippen LogP contribution in [0.15, 0.2) is 24.3 Å². The zero-order valence-electron chi connectivity index (χ0n) is 11.1. The fourth-order valence-corrected chi connectivity index (χ4v) is 1.57. The van der Waals surface area contributed by atoms with Gasteiger partial charge in [0.2, 0.25) is 0 Å². The van der Waals surface area contributed by atoms with Crippen LogP contribution in [-0.2, 0) is 20.9 Å². The molecule has 2 atom stereocenters. The molecule has 0 fully saturated rings. The van der Waals surface area contributed by atoms with Gasteiger partial charge >= 0.3 is 0 Å². The predicted octanol–water partition coefficient (Wildman–Crippen LogP) is 2.20. The molecule has 0 amide bonds. The second kappa shape index (κ2) is 7.84. The molecule has 0 bridgehead atoms. The quantitative estimate of drug-likeness (QED) is 0.665. The molecule has 0 aliphatic rings. The molecular weight excluding hydrogens is 232 g/mol. The molecule has 1 rings (SSSR count). The first-order valence-corrected chi connectivity index (χ1v) is 5.92. The Morgan fingerprint density at radius 2 is 1.89 bits per heavy atom. The molecule has 1 aromatic carbocycles. The van der Waals surface area contributed by atoms with Gasteiger partial charge in [-0.1, -0.05) is 12.1 Å². The van der Waals surface area contributed by atoms with E-state index in [0.29, 0.717) is 13.0 Å². The van der Waals surface area contributed by atoms with Crippen LogP contribution < -0.4 is 4.74 Å². The van der Waals surface area contributed by atoms with Crippen molar-refractivity contribution < 1.29 is 19.0 Å². The highest BCUT2D eigenvalue weighted by atomic mass is 16.5. The lowest BCUT2D eigenvalue weighted by Crippen LogP contribution is -2.28. The van der Waals surface area contributed by atoms with Gasteiger partial charge in [-0.15, -0.1) is 0 Å². The molecule has 0 unspecified atom stereocenters. The lowest BCUT2D eigenvalue weighted by Gasteiger charge is -2.21. The summed E-state index contributed by atoms with van der Waals surface area (Å²) in [7, 11) is 3.24. The molecule has 0 aromatic heterocycles. The number of benzene rings is 1. The first kappa shape index (κ1) is 14.7. The van der Waals surface area contributed by atoms with E-state index in [1.54, 1.807) is 14.2 Å². The van der Waals surface area contributed by atoms with Crippen molar-refractivity contribution in [2.75, 3.05) is 14.2 Å². The molecule has 4 nitrogen and oxygen atoms in total. The summed E-state index contributed by atoms with van der Waals surface area (Å²) in [6.07, 6.45) is 0.877. The molecule has 0 N–H and O–H groups in total. The fourth-order valence-electron chi connectivity index (χ4n) is 1.57. The lowest BCUT2D eigenvalue weighted by atomic mass is 10.1. The average Bonchev–Trinajstić information content (AvgIpc) is 2.43. The normalized spacial score (nSPS) is 13.9. The average molecular weight is 252 g/mol. The summed E-state index contributed by atoms with van der Waals surface area (Å²) in [5.41, 5.74) is 1.04. The zero-order valence-corrected chi connectivity index (χ0v) is 11.1. The van der Waals surface area contributed by atoms with Crippen LogP contribution in [0.3, 0.4) is 0 Å². The minimum Gasteiger partial charge on any atom is -0.497 e. The number of aldehydes is 1. The van der Waals surface area contributed by atoms with E-state index >= 15 is 0 Å². The number of carbonyl (C=O) groups is 1. The topological polar surface area (TPSA) is 44.8 Å². The molecule has 0 saturated heterocycles. The molecule has 1 aromatic rings. The van der Waals surface area contributed by atoms with Crippen molar-refractivity contribution in [3.05, 3.63) is 29.8 Å². The summed E-state index contributed by atoms with van der Waals surface area (Å²) in [6, 6.07) is 7.64. The van der Waals surface area contributed by atoms with Crippen molar-refractivity contribution in [1.29, 1.82) is 0 Å². The van der Waals surface area contributed by atoms with E-state index in [1.165, 1.54) is 0 Å². The van der Waals surface area contributed by atoms with Gasteiger partial charge in [0.05, 0.1) is 25.9 Å². The van der Waals surface area contributed by atoms with Gasteiger partial charge in [-0.3, -0.25) is 0 Å². The third-order valence-electron chi connectivity index (χ3n) is 2.85. The number of rotatable bonds is 8. The Kier molecular flexibility index (Phi) is 6.39. The highest BCUT2D eigenvalue weighted by Crippen LogP contribution is 2.14. The summed E-state index contributed by atoms with van der Waals surface area (Å²) >= 11 is 0. The Balaban J connectivity index is 2.52. The second-order valence-corrected chi connectivity index (χ2v) is 4.04. The molecule has 0 spiro atoms. The maximum atomic E-state index is 10.6. The third kappa shape index (κ3) is 4.47. The van der Waals surface area contributed by atoms with Crippen molar-refractivity contribution in [1.82, 2.24) is 0 Å². The van der Waals surface area contributed by atoms with Gasteiger partial charge in [0.25, 0.3) is 0 Å². The van der Waals surface area contributed by atoms with Crippen LogP contribution in [0, 0.1) is 0 Å². The van der Waals surface area contributed by atoms with Crippen LogP contribution in [0.2, 0.25) is 0 Å². The van der Waals surface area contributed by atoms with Crippen molar-refractivity contribution in [3.8, 4) is 5.75 Å². The smallest absolute Gasteiger partial charge is 0.122 e. The Labute approximate surface area is 108 Å². The van der Waals surface area contributed by atoms with E-state index < -0.39 is 0 Å².